The van der Waals surface area contributed by atoms with Crippen LogP contribution in [0, 0.1) is 0 Å². The summed E-state index contributed by atoms with van der Waals surface area (Å²) in [4.78, 5) is 11.7. The van der Waals surface area contributed by atoms with Crippen LogP contribution in [0.5, 0.6) is 17.2 Å². The van der Waals surface area contributed by atoms with Crippen molar-refractivity contribution in [1.29, 1.82) is 0 Å². The number of carbonyl (C=O) groups excluding carboxylic acids is 1. The second-order valence-electron chi connectivity index (χ2n) is 5.79. The standard InChI is InChI=1S/C20H25N3O4/c1-26-18-8-7-15(13-19(18)27-2)9-11-21-12-10-20(25)23-22-14-16-5-3-4-6-17(16)24/h3-8,13-14,21,24H,9-12H2,1-2H3,(H,23,25). The highest BCUT2D eigenvalue weighted by Crippen LogP contribution is 2.27. The number of phenols is 1. The lowest BCUT2D eigenvalue weighted by Gasteiger charge is -2.10. The van der Waals surface area contributed by atoms with Crippen LogP contribution < -0.4 is 20.2 Å². The van der Waals surface area contributed by atoms with Gasteiger partial charge < -0.3 is 19.9 Å². The van der Waals surface area contributed by atoms with Crippen molar-refractivity contribution < 1.29 is 19.4 Å². The number of methoxy groups -OCH3 is 2. The lowest BCUT2D eigenvalue weighted by atomic mass is 10.1. The Morgan fingerprint density at radius 1 is 1.11 bits per heavy atom. The summed E-state index contributed by atoms with van der Waals surface area (Å²) >= 11 is 0. The van der Waals surface area contributed by atoms with Gasteiger partial charge >= 0.3 is 0 Å². The molecular weight excluding hydrogens is 346 g/mol. The second-order valence-corrected chi connectivity index (χ2v) is 5.79. The number of carbonyl (C=O) groups is 1. The van der Waals surface area contributed by atoms with Crippen molar-refractivity contribution in [3.63, 3.8) is 0 Å². The molecule has 0 saturated carbocycles. The fraction of sp³-hybridized carbons (Fsp3) is 0.300. The zero-order chi connectivity index (χ0) is 19.5. The van der Waals surface area contributed by atoms with Gasteiger partial charge in [0.15, 0.2) is 11.5 Å². The number of ether oxygens (including phenoxy) is 2. The molecule has 0 aromatic heterocycles. The summed E-state index contributed by atoms with van der Waals surface area (Å²) in [7, 11) is 3.22. The molecule has 2 rings (SSSR count). The molecule has 3 N–H and O–H groups in total. The molecule has 0 radical (unpaired) electrons. The number of aromatic hydroxyl groups is 1. The fourth-order valence-corrected chi connectivity index (χ4v) is 2.42. The summed E-state index contributed by atoms with van der Waals surface area (Å²) in [6.45, 7) is 1.29. The molecule has 1 amide bonds. The Bertz CT molecular complexity index is 778. The van der Waals surface area contributed by atoms with E-state index in [1.165, 1.54) is 6.21 Å². The molecule has 0 aliphatic heterocycles. The third-order valence-corrected chi connectivity index (χ3v) is 3.90. The first kappa shape index (κ1) is 20.3. The lowest BCUT2D eigenvalue weighted by Crippen LogP contribution is -2.25. The Morgan fingerprint density at radius 3 is 2.63 bits per heavy atom. The van der Waals surface area contributed by atoms with E-state index in [4.69, 9.17) is 9.47 Å². The van der Waals surface area contributed by atoms with Crippen molar-refractivity contribution in [3.05, 3.63) is 53.6 Å². The second kappa shape index (κ2) is 10.8. The molecule has 2 aromatic rings. The summed E-state index contributed by atoms with van der Waals surface area (Å²) in [6, 6.07) is 12.6. The van der Waals surface area contributed by atoms with Crippen LogP contribution in [0.15, 0.2) is 47.6 Å². The number of hydrogen-bond acceptors (Lipinski definition) is 6. The van der Waals surface area contributed by atoms with E-state index in [0.717, 1.165) is 18.5 Å². The molecule has 0 saturated heterocycles. The van der Waals surface area contributed by atoms with Crippen molar-refractivity contribution in [2.45, 2.75) is 12.8 Å². The van der Waals surface area contributed by atoms with Crippen molar-refractivity contribution in [2.24, 2.45) is 5.10 Å². The predicted molar refractivity (Wildman–Crippen MR) is 105 cm³/mol. The minimum atomic E-state index is -0.194. The number of rotatable bonds is 10. The first-order valence-corrected chi connectivity index (χ1v) is 8.65. The van der Waals surface area contributed by atoms with Crippen LogP contribution in [0.1, 0.15) is 17.5 Å². The Kier molecular flexibility index (Phi) is 8.12. The Labute approximate surface area is 159 Å². The number of benzene rings is 2. The van der Waals surface area contributed by atoms with Crippen LogP contribution in [0.3, 0.4) is 0 Å². The van der Waals surface area contributed by atoms with E-state index >= 15 is 0 Å². The van der Waals surface area contributed by atoms with Crippen LogP contribution in [0.25, 0.3) is 0 Å². The zero-order valence-corrected chi connectivity index (χ0v) is 15.6. The summed E-state index contributed by atoms with van der Waals surface area (Å²) in [5.41, 5.74) is 4.11. The summed E-state index contributed by atoms with van der Waals surface area (Å²) in [6.07, 6.45) is 2.54. The summed E-state index contributed by atoms with van der Waals surface area (Å²) < 4.78 is 10.5. The molecule has 0 atom stereocenters. The van der Waals surface area contributed by atoms with Gasteiger partial charge in [0, 0.05) is 18.5 Å². The molecular formula is C20H25N3O4. The number of hydrogen-bond donors (Lipinski definition) is 3. The molecule has 0 unspecified atom stereocenters. The van der Waals surface area contributed by atoms with Crippen molar-refractivity contribution in [1.82, 2.24) is 10.7 Å². The average molecular weight is 371 g/mol. The van der Waals surface area contributed by atoms with Gasteiger partial charge in [0.05, 0.1) is 20.4 Å². The highest BCUT2D eigenvalue weighted by atomic mass is 16.5. The van der Waals surface area contributed by atoms with Gasteiger partial charge in [0.1, 0.15) is 5.75 Å². The maximum absolute atomic E-state index is 11.7. The Morgan fingerprint density at radius 2 is 1.89 bits per heavy atom. The molecule has 0 heterocycles. The Balaban J connectivity index is 1.65. The van der Waals surface area contributed by atoms with E-state index in [1.54, 1.807) is 38.5 Å². The number of hydrazone groups is 1. The molecule has 0 aliphatic rings. The minimum Gasteiger partial charge on any atom is -0.507 e. The number of amides is 1. The smallest absolute Gasteiger partial charge is 0.241 e. The molecule has 27 heavy (non-hydrogen) atoms. The molecule has 144 valence electrons. The minimum absolute atomic E-state index is 0.118. The molecule has 0 bridgehead atoms. The molecule has 0 fully saturated rings. The van der Waals surface area contributed by atoms with Crippen LogP contribution in [0.4, 0.5) is 0 Å². The number of nitrogens with one attached hydrogen (secondary N) is 2. The zero-order valence-electron chi connectivity index (χ0n) is 15.6. The number of nitrogens with zero attached hydrogens (tertiary/aromatic N) is 1. The molecule has 0 aliphatic carbocycles. The number of para-hydroxylation sites is 1. The lowest BCUT2D eigenvalue weighted by molar-refractivity contribution is -0.120. The van der Waals surface area contributed by atoms with Gasteiger partial charge in [-0.3, -0.25) is 4.79 Å². The van der Waals surface area contributed by atoms with Gasteiger partial charge in [-0.15, -0.1) is 0 Å². The van der Waals surface area contributed by atoms with E-state index in [0.29, 0.717) is 30.0 Å². The van der Waals surface area contributed by atoms with E-state index in [2.05, 4.69) is 15.8 Å². The van der Waals surface area contributed by atoms with Crippen LogP contribution in [-0.4, -0.2) is 44.5 Å². The average Bonchev–Trinajstić information content (AvgIpc) is 2.69. The number of phenolic OH excluding ortho intramolecular Hbond substituents is 1. The van der Waals surface area contributed by atoms with E-state index in [9.17, 15) is 9.90 Å². The third-order valence-electron chi connectivity index (χ3n) is 3.90. The van der Waals surface area contributed by atoms with Gasteiger partial charge in [-0.2, -0.15) is 5.10 Å². The van der Waals surface area contributed by atoms with Gasteiger partial charge in [-0.1, -0.05) is 18.2 Å². The quantitative estimate of drug-likeness (QED) is 0.338. The highest BCUT2D eigenvalue weighted by molar-refractivity contribution is 5.85. The monoisotopic (exact) mass is 371 g/mol. The highest BCUT2D eigenvalue weighted by Gasteiger charge is 2.04. The van der Waals surface area contributed by atoms with Gasteiger partial charge in [0.2, 0.25) is 5.91 Å². The SMILES string of the molecule is COc1ccc(CCNCCC(=O)NN=Cc2ccccc2O)cc1OC. The van der Waals surface area contributed by atoms with Gasteiger partial charge in [-0.05, 0) is 42.8 Å². The first-order valence-electron chi connectivity index (χ1n) is 8.65. The fourth-order valence-electron chi connectivity index (χ4n) is 2.42. The van der Waals surface area contributed by atoms with E-state index < -0.39 is 0 Å². The molecule has 2 aromatic carbocycles. The third kappa shape index (κ3) is 6.63. The first-order chi connectivity index (χ1) is 13.1. The topological polar surface area (TPSA) is 92.2 Å². The maximum Gasteiger partial charge on any atom is 0.241 e. The van der Waals surface area contributed by atoms with Crippen LogP contribution in [-0.2, 0) is 11.2 Å². The molecule has 0 spiro atoms. The molecule has 7 heteroatoms. The maximum atomic E-state index is 11.7. The van der Waals surface area contributed by atoms with Gasteiger partial charge in [-0.25, -0.2) is 5.43 Å². The van der Waals surface area contributed by atoms with Gasteiger partial charge in [0.25, 0.3) is 0 Å². The van der Waals surface area contributed by atoms with Crippen LogP contribution >= 0.6 is 0 Å². The van der Waals surface area contributed by atoms with Crippen molar-refractivity contribution in [2.75, 3.05) is 27.3 Å². The van der Waals surface area contributed by atoms with E-state index in [1.807, 2.05) is 18.2 Å². The predicted octanol–water partition coefficient (Wildman–Crippen LogP) is 2.08. The Hall–Kier alpha value is -3.06. The van der Waals surface area contributed by atoms with Crippen molar-refractivity contribution in [3.8, 4) is 17.2 Å². The van der Waals surface area contributed by atoms with Crippen molar-refractivity contribution >= 4 is 12.1 Å². The molecule has 7 nitrogen and oxygen atoms in total. The normalized spacial score (nSPS) is 10.7. The largest absolute Gasteiger partial charge is 0.507 e. The summed E-state index contributed by atoms with van der Waals surface area (Å²) in [5, 5.41) is 16.7. The van der Waals surface area contributed by atoms with E-state index in [-0.39, 0.29) is 11.7 Å². The summed E-state index contributed by atoms with van der Waals surface area (Å²) in [5.74, 6) is 1.33. The van der Waals surface area contributed by atoms with Crippen LogP contribution in [0.2, 0.25) is 0 Å².